The summed E-state index contributed by atoms with van der Waals surface area (Å²) in [5.74, 6) is -2.12. The number of anilines is 1. The van der Waals surface area contributed by atoms with Crippen molar-refractivity contribution in [2.24, 2.45) is 0 Å². The summed E-state index contributed by atoms with van der Waals surface area (Å²) in [6.45, 7) is 5.24. The molecule has 3 aliphatic heterocycles. The molecule has 1 unspecified atom stereocenters. The molecule has 0 spiro atoms. The van der Waals surface area contributed by atoms with Crippen LogP contribution in [-0.2, 0) is 26.1 Å². The van der Waals surface area contributed by atoms with Gasteiger partial charge in [-0.25, -0.2) is 0 Å². The molecule has 2 saturated heterocycles. The molecule has 2 N–H and O–H groups in total. The fourth-order valence-corrected chi connectivity index (χ4v) is 6.05. The number of hydrogen-bond donors (Lipinski definition) is 2. The SMILES string of the molecule is Cc1ccc(S(=O)(=O)O)c(CCN2CCN(c3ccc4c(c3)C(=O)N(C3CCC(=O)NC3=O)C4=O)CC2)c1. The van der Waals surface area contributed by atoms with Gasteiger partial charge in [0, 0.05) is 44.8 Å². The minimum absolute atomic E-state index is 0.0644. The molecule has 5 rings (SSSR count). The third-order valence-electron chi connectivity index (χ3n) is 7.35. The van der Waals surface area contributed by atoms with E-state index in [1.807, 2.05) is 6.92 Å². The van der Waals surface area contributed by atoms with Crippen LogP contribution in [0.15, 0.2) is 41.3 Å². The number of carbonyl (C=O) groups is 4. The van der Waals surface area contributed by atoms with E-state index in [0.29, 0.717) is 44.7 Å². The van der Waals surface area contributed by atoms with Crippen molar-refractivity contribution in [1.82, 2.24) is 15.1 Å². The lowest BCUT2D eigenvalue weighted by molar-refractivity contribution is -0.136. The predicted octanol–water partition coefficient (Wildman–Crippen LogP) is 1.01. The van der Waals surface area contributed by atoms with Gasteiger partial charge in [-0.2, -0.15) is 8.42 Å². The summed E-state index contributed by atoms with van der Waals surface area (Å²) >= 11 is 0. The highest BCUT2D eigenvalue weighted by Gasteiger charge is 2.44. The lowest BCUT2D eigenvalue weighted by Crippen LogP contribution is -2.54. The van der Waals surface area contributed by atoms with Crippen molar-refractivity contribution in [3.8, 4) is 0 Å². The molecular formula is C26H28N4O7S. The van der Waals surface area contributed by atoms with E-state index in [9.17, 15) is 32.1 Å². The zero-order chi connectivity index (χ0) is 27.2. The molecule has 0 aliphatic carbocycles. The van der Waals surface area contributed by atoms with Crippen molar-refractivity contribution in [2.45, 2.75) is 37.1 Å². The summed E-state index contributed by atoms with van der Waals surface area (Å²) in [6.07, 6.45) is 0.655. The number of nitrogens with one attached hydrogen (secondary N) is 1. The number of imide groups is 2. The van der Waals surface area contributed by atoms with E-state index in [1.54, 1.807) is 30.3 Å². The first-order chi connectivity index (χ1) is 18.0. The van der Waals surface area contributed by atoms with Crippen molar-refractivity contribution >= 4 is 39.4 Å². The third-order valence-corrected chi connectivity index (χ3v) is 8.31. The molecule has 2 fully saturated rings. The van der Waals surface area contributed by atoms with Gasteiger partial charge in [-0.05, 0) is 49.6 Å². The van der Waals surface area contributed by atoms with E-state index in [-0.39, 0.29) is 28.9 Å². The second-order valence-corrected chi connectivity index (χ2v) is 11.2. The van der Waals surface area contributed by atoms with Crippen LogP contribution >= 0.6 is 0 Å². The van der Waals surface area contributed by atoms with Crippen molar-refractivity contribution < 1.29 is 32.1 Å². The molecule has 3 heterocycles. The Hall–Kier alpha value is -3.61. The van der Waals surface area contributed by atoms with Crippen LogP contribution in [0.3, 0.4) is 0 Å². The predicted molar refractivity (Wildman–Crippen MR) is 136 cm³/mol. The maximum atomic E-state index is 13.1. The monoisotopic (exact) mass is 540 g/mol. The van der Waals surface area contributed by atoms with Crippen molar-refractivity contribution in [3.63, 3.8) is 0 Å². The average molecular weight is 541 g/mol. The van der Waals surface area contributed by atoms with Crippen molar-refractivity contribution in [2.75, 3.05) is 37.6 Å². The highest BCUT2D eigenvalue weighted by molar-refractivity contribution is 7.85. The standard InChI is InChI=1S/C26H28N4O7S/c1-16-2-6-22(38(35,36)37)17(14-16)8-9-28-10-12-29(13-11-28)18-3-4-19-20(15-18)26(34)30(25(19)33)21-5-7-23(31)27-24(21)32/h2-4,6,14-15,21H,5,7-13H2,1H3,(H,27,31,32)(H,35,36,37). The van der Waals surface area contributed by atoms with Crippen LogP contribution in [-0.4, -0.2) is 85.2 Å². The minimum atomic E-state index is -4.30. The number of carbonyl (C=O) groups excluding carboxylic acids is 4. The van der Waals surface area contributed by atoms with E-state index in [2.05, 4.69) is 15.1 Å². The quantitative estimate of drug-likeness (QED) is 0.405. The van der Waals surface area contributed by atoms with Crippen LogP contribution in [0.1, 0.15) is 44.7 Å². The van der Waals surface area contributed by atoms with Crippen LogP contribution in [0.4, 0.5) is 5.69 Å². The van der Waals surface area contributed by atoms with Gasteiger partial charge in [0.05, 0.1) is 16.0 Å². The fourth-order valence-electron chi connectivity index (χ4n) is 5.32. The number of benzene rings is 2. The van der Waals surface area contributed by atoms with E-state index >= 15 is 0 Å². The van der Waals surface area contributed by atoms with Crippen molar-refractivity contribution in [3.05, 3.63) is 58.7 Å². The molecule has 38 heavy (non-hydrogen) atoms. The summed E-state index contributed by atoms with van der Waals surface area (Å²) in [4.78, 5) is 55.0. The molecule has 3 aliphatic rings. The fraction of sp³-hybridized carbons (Fsp3) is 0.385. The lowest BCUT2D eigenvalue weighted by Gasteiger charge is -2.36. The van der Waals surface area contributed by atoms with Gasteiger partial charge in [-0.1, -0.05) is 17.7 Å². The molecule has 2 aromatic carbocycles. The molecule has 12 heteroatoms. The molecule has 200 valence electrons. The lowest BCUT2D eigenvalue weighted by atomic mass is 10.0. The number of amides is 4. The van der Waals surface area contributed by atoms with Gasteiger partial charge >= 0.3 is 0 Å². The Bertz CT molecular complexity index is 1450. The average Bonchev–Trinajstić information content (AvgIpc) is 3.11. The number of fused-ring (bicyclic) bond motifs is 1. The molecule has 1 atom stereocenters. The topological polar surface area (TPSA) is 144 Å². The van der Waals surface area contributed by atoms with E-state index in [0.717, 1.165) is 16.2 Å². The largest absolute Gasteiger partial charge is 0.369 e. The molecule has 11 nitrogen and oxygen atoms in total. The molecule has 0 aromatic heterocycles. The number of nitrogens with zero attached hydrogens (tertiary/aromatic N) is 3. The second kappa shape index (κ2) is 9.93. The highest BCUT2D eigenvalue weighted by atomic mass is 32.2. The zero-order valence-corrected chi connectivity index (χ0v) is 21.7. The van der Waals surface area contributed by atoms with Gasteiger partial charge in [0.2, 0.25) is 11.8 Å². The van der Waals surface area contributed by atoms with E-state index in [4.69, 9.17) is 0 Å². The number of piperazine rings is 1. The van der Waals surface area contributed by atoms with Gasteiger partial charge in [-0.3, -0.25) is 38.8 Å². The Morgan fingerprint density at radius 3 is 2.34 bits per heavy atom. The summed E-state index contributed by atoms with van der Waals surface area (Å²) in [5, 5.41) is 2.20. The minimum Gasteiger partial charge on any atom is -0.369 e. The van der Waals surface area contributed by atoms with Crippen LogP contribution in [0.5, 0.6) is 0 Å². The number of piperidine rings is 1. The van der Waals surface area contributed by atoms with E-state index in [1.165, 1.54) is 6.07 Å². The molecule has 2 aromatic rings. The Morgan fingerprint density at radius 1 is 0.947 bits per heavy atom. The van der Waals surface area contributed by atoms with Crippen LogP contribution in [0.25, 0.3) is 0 Å². The van der Waals surface area contributed by atoms with Crippen molar-refractivity contribution in [1.29, 1.82) is 0 Å². The van der Waals surface area contributed by atoms with Gasteiger partial charge in [0.1, 0.15) is 6.04 Å². The van der Waals surface area contributed by atoms with Crippen LogP contribution in [0, 0.1) is 6.92 Å². The smallest absolute Gasteiger partial charge is 0.294 e. The maximum Gasteiger partial charge on any atom is 0.294 e. The first-order valence-electron chi connectivity index (χ1n) is 12.4. The summed E-state index contributed by atoms with van der Waals surface area (Å²) in [6, 6.07) is 8.95. The summed E-state index contributed by atoms with van der Waals surface area (Å²) < 4.78 is 33.0. The van der Waals surface area contributed by atoms with Gasteiger partial charge in [0.15, 0.2) is 0 Å². The van der Waals surface area contributed by atoms with Crippen LogP contribution < -0.4 is 10.2 Å². The molecular weight excluding hydrogens is 512 g/mol. The third kappa shape index (κ3) is 4.94. The Balaban J connectivity index is 1.23. The molecule has 0 bridgehead atoms. The van der Waals surface area contributed by atoms with Gasteiger partial charge in [-0.15, -0.1) is 0 Å². The Labute approximate surface area is 220 Å². The number of rotatable bonds is 6. The second-order valence-electron chi connectivity index (χ2n) is 9.84. The Kier molecular flexibility index (Phi) is 6.80. The number of aryl methyl sites for hydroxylation is 1. The Morgan fingerprint density at radius 2 is 1.66 bits per heavy atom. The highest BCUT2D eigenvalue weighted by Crippen LogP contribution is 2.31. The number of hydrogen-bond acceptors (Lipinski definition) is 8. The van der Waals surface area contributed by atoms with E-state index < -0.39 is 39.8 Å². The molecule has 4 amide bonds. The van der Waals surface area contributed by atoms with Crippen LogP contribution in [0.2, 0.25) is 0 Å². The van der Waals surface area contributed by atoms with Gasteiger partial charge in [0.25, 0.3) is 21.9 Å². The molecule has 0 radical (unpaired) electrons. The normalized spacial score (nSPS) is 20.6. The maximum absolute atomic E-state index is 13.1. The summed E-state index contributed by atoms with van der Waals surface area (Å²) in [5.41, 5.74) is 2.78. The molecule has 0 saturated carbocycles. The first-order valence-corrected chi connectivity index (χ1v) is 13.9. The first kappa shape index (κ1) is 26.0. The summed E-state index contributed by atoms with van der Waals surface area (Å²) in [7, 11) is -4.30. The zero-order valence-electron chi connectivity index (χ0n) is 20.8. The van der Waals surface area contributed by atoms with Gasteiger partial charge < -0.3 is 4.90 Å².